The van der Waals surface area contributed by atoms with Gasteiger partial charge in [0.25, 0.3) is 5.91 Å². The summed E-state index contributed by atoms with van der Waals surface area (Å²) in [6.45, 7) is 1.87. The summed E-state index contributed by atoms with van der Waals surface area (Å²) in [5, 5.41) is 3.43. The van der Waals surface area contributed by atoms with E-state index in [1.807, 2.05) is 49.4 Å². The van der Waals surface area contributed by atoms with E-state index >= 15 is 0 Å². The van der Waals surface area contributed by atoms with Crippen molar-refractivity contribution >= 4 is 41.0 Å². The Kier molecular flexibility index (Phi) is 7.49. The number of hydrogen-bond acceptors (Lipinski definition) is 4. The number of carbonyl (C=O) groups is 2. The Bertz CT molecular complexity index is 1020. The van der Waals surface area contributed by atoms with Crippen molar-refractivity contribution in [1.29, 1.82) is 0 Å². The lowest BCUT2D eigenvalue weighted by Gasteiger charge is -2.17. The number of hydrogen-bond donors (Lipinski definition) is 1. The first-order valence-corrected chi connectivity index (χ1v) is 10.7. The normalized spacial score (nSPS) is 10.5. The lowest BCUT2D eigenvalue weighted by molar-refractivity contribution is -0.116. The maximum atomic E-state index is 12.6. The van der Waals surface area contributed by atoms with Crippen LogP contribution >= 0.6 is 23.4 Å². The van der Waals surface area contributed by atoms with E-state index in [4.69, 9.17) is 11.6 Å². The van der Waals surface area contributed by atoms with Crippen LogP contribution in [-0.4, -0.2) is 35.3 Å². The predicted octanol–water partition coefficient (Wildman–Crippen LogP) is 5.05. The van der Waals surface area contributed by atoms with Crippen LogP contribution in [0.4, 0.5) is 5.82 Å². The van der Waals surface area contributed by atoms with Crippen molar-refractivity contribution < 1.29 is 9.59 Å². The number of amides is 2. The molecule has 0 aliphatic heterocycles. The summed E-state index contributed by atoms with van der Waals surface area (Å²) < 4.78 is 0. The Hall–Kier alpha value is -2.83. The molecule has 0 aliphatic carbocycles. The molecule has 0 atom stereocenters. The average molecular weight is 440 g/mol. The van der Waals surface area contributed by atoms with E-state index in [-0.39, 0.29) is 18.4 Å². The number of thioether (sulfide) groups is 1. The van der Waals surface area contributed by atoms with E-state index in [1.54, 1.807) is 43.2 Å². The molecule has 7 heteroatoms. The summed E-state index contributed by atoms with van der Waals surface area (Å²) in [6.07, 6.45) is 1.63. The number of aromatic nitrogens is 1. The van der Waals surface area contributed by atoms with Crippen LogP contribution in [0.2, 0.25) is 5.02 Å². The predicted molar refractivity (Wildman–Crippen MR) is 122 cm³/mol. The molecule has 1 N–H and O–H groups in total. The van der Waals surface area contributed by atoms with Gasteiger partial charge in [0, 0.05) is 34.5 Å². The first kappa shape index (κ1) is 21.9. The number of carbonyl (C=O) groups excluding carboxylic acids is 2. The fourth-order valence-corrected chi connectivity index (χ4v) is 3.72. The Labute approximate surface area is 185 Å². The van der Waals surface area contributed by atoms with Crippen molar-refractivity contribution in [2.24, 2.45) is 0 Å². The molecule has 3 aromatic rings. The molecular weight excluding hydrogens is 418 g/mol. The third-order valence-electron chi connectivity index (χ3n) is 4.33. The second-order valence-corrected chi connectivity index (χ2v) is 8.35. The monoisotopic (exact) mass is 439 g/mol. The summed E-state index contributed by atoms with van der Waals surface area (Å²) in [5.41, 5.74) is 2.65. The molecule has 3 rings (SSSR count). The Balaban J connectivity index is 1.52. The molecule has 1 heterocycles. The van der Waals surface area contributed by atoms with Crippen LogP contribution in [0.1, 0.15) is 21.5 Å². The van der Waals surface area contributed by atoms with Crippen molar-refractivity contribution in [1.82, 2.24) is 9.88 Å². The molecule has 30 heavy (non-hydrogen) atoms. The van der Waals surface area contributed by atoms with Gasteiger partial charge in [-0.25, -0.2) is 4.98 Å². The zero-order valence-corrected chi connectivity index (χ0v) is 18.3. The Morgan fingerprint density at radius 2 is 1.77 bits per heavy atom. The maximum absolute atomic E-state index is 12.6. The van der Waals surface area contributed by atoms with Crippen molar-refractivity contribution in [3.05, 3.63) is 88.6 Å². The number of halogens is 1. The number of rotatable bonds is 7. The number of nitrogens with zero attached hydrogens (tertiary/aromatic N) is 2. The van der Waals surface area contributed by atoms with Gasteiger partial charge in [0.2, 0.25) is 5.91 Å². The van der Waals surface area contributed by atoms with Crippen molar-refractivity contribution in [2.45, 2.75) is 17.6 Å². The minimum absolute atomic E-state index is 0.0530. The summed E-state index contributed by atoms with van der Waals surface area (Å²) in [7, 11) is 1.61. The second-order valence-electron chi connectivity index (χ2n) is 6.87. The van der Waals surface area contributed by atoms with Crippen LogP contribution in [0.25, 0.3) is 0 Å². The van der Waals surface area contributed by atoms with Gasteiger partial charge in [-0.2, -0.15) is 0 Å². The van der Waals surface area contributed by atoms with Crippen LogP contribution in [-0.2, 0) is 10.5 Å². The molecule has 0 saturated carbocycles. The topological polar surface area (TPSA) is 62.3 Å². The fraction of sp³-hybridized carbons (Fsp3) is 0.174. The van der Waals surface area contributed by atoms with Crippen LogP contribution in [0.15, 0.2) is 71.8 Å². The van der Waals surface area contributed by atoms with Gasteiger partial charge in [-0.05, 0) is 66.6 Å². The number of anilines is 1. The zero-order valence-electron chi connectivity index (χ0n) is 16.8. The van der Waals surface area contributed by atoms with Gasteiger partial charge < -0.3 is 10.2 Å². The van der Waals surface area contributed by atoms with Crippen LogP contribution in [0.5, 0.6) is 0 Å². The van der Waals surface area contributed by atoms with Crippen molar-refractivity contribution in [2.75, 3.05) is 18.9 Å². The fourth-order valence-electron chi connectivity index (χ4n) is 2.74. The van der Waals surface area contributed by atoms with E-state index in [1.165, 1.54) is 4.90 Å². The summed E-state index contributed by atoms with van der Waals surface area (Å²) in [6, 6.07) is 18.8. The molecule has 2 aromatic carbocycles. The second kappa shape index (κ2) is 10.3. The minimum Gasteiger partial charge on any atom is -0.332 e. The summed E-state index contributed by atoms with van der Waals surface area (Å²) in [5.74, 6) is 0.764. The third kappa shape index (κ3) is 6.34. The molecule has 154 valence electrons. The molecule has 0 aliphatic rings. The number of pyridine rings is 1. The zero-order chi connectivity index (χ0) is 21.5. The molecule has 2 amide bonds. The molecule has 1 aromatic heterocycles. The summed E-state index contributed by atoms with van der Waals surface area (Å²) in [4.78, 5) is 31.5. The lowest BCUT2D eigenvalue weighted by Crippen LogP contribution is -2.35. The van der Waals surface area contributed by atoms with Gasteiger partial charge >= 0.3 is 0 Å². The van der Waals surface area contributed by atoms with E-state index in [9.17, 15) is 9.59 Å². The van der Waals surface area contributed by atoms with E-state index in [2.05, 4.69) is 10.3 Å². The first-order chi connectivity index (χ1) is 14.4. The van der Waals surface area contributed by atoms with Gasteiger partial charge in [-0.15, -0.1) is 11.8 Å². The quantitative estimate of drug-likeness (QED) is 0.523. The number of aryl methyl sites for hydroxylation is 1. The van der Waals surface area contributed by atoms with E-state index < -0.39 is 0 Å². The van der Waals surface area contributed by atoms with Gasteiger partial charge in [0.1, 0.15) is 5.82 Å². The third-order valence-corrected chi connectivity index (χ3v) is 5.67. The van der Waals surface area contributed by atoms with Crippen LogP contribution in [0.3, 0.4) is 0 Å². The Morgan fingerprint density at radius 3 is 2.43 bits per heavy atom. The van der Waals surface area contributed by atoms with Crippen molar-refractivity contribution in [3.8, 4) is 0 Å². The van der Waals surface area contributed by atoms with Crippen molar-refractivity contribution in [3.63, 3.8) is 0 Å². The highest BCUT2D eigenvalue weighted by molar-refractivity contribution is 7.98. The maximum Gasteiger partial charge on any atom is 0.254 e. The standard InChI is InChI=1S/C23H22ClN3O2S/c1-16-11-12-25-21(13-16)26-22(28)14-27(2)23(29)18-5-3-17(4-6-18)15-30-20-9-7-19(24)8-10-20/h3-13H,14-15H2,1-2H3,(H,25,26,28). The summed E-state index contributed by atoms with van der Waals surface area (Å²) >= 11 is 7.61. The minimum atomic E-state index is -0.292. The van der Waals surface area contributed by atoms with E-state index in [0.717, 1.165) is 26.8 Å². The van der Waals surface area contributed by atoms with Gasteiger partial charge in [-0.1, -0.05) is 23.7 Å². The molecule has 0 bridgehead atoms. The average Bonchev–Trinajstić information content (AvgIpc) is 2.73. The Morgan fingerprint density at radius 1 is 1.07 bits per heavy atom. The molecule has 0 unspecified atom stereocenters. The number of likely N-dealkylation sites (N-methyl/N-ethyl adjacent to an activating group) is 1. The molecule has 0 fully saturated rings. The molecule has 0 saturated heterocycles. The van der Waals surface area contributed by atoms with Gasteiger partial charge in [0.05, 0.1) is 6.54 Å². The van der Waals surface area contributed by atoms with E-state index in [0.29, 0.717) is 11.4 Å². The highest BCUT2D eigenvalue weighted by Gasteiger charge is 2.15. The first-order valence-electron chi connectivity index (χ1n) is 9.36. The highest BCUT2D eigenvalue weighted by Crippen LogP contribution is 2.24. The molecule has 0 radical (unpaired) electrons. The molecule has 5 nitrogen and oxygen atoms in total. The van der Waals surface area contributed by atoms with Gasteiger partial charge in [-0.3, -0.25) is 9.59 Å². The number of benzene rings is 2. The highest BCUT2D eigenvalue weighted by atomic mass is 35.5. The molecular formula is C23H22ClN3O2S. The largest absolute Gasteiger partial charge is 0.332 e. The number of nitrogens with one attached hydrogen (secondary N) is 1. The smallest absolute Gasteiger partial charge is 0.254 e. The van der Waals surface area contributed by atoms with Crippen LogP contribution < -0.4 is 5.32 Å². The SMILES string of the molecule is Cc1ccnc(NC(=O)CN(C)C(=O)c2ccc(CSc3ccc(Cl)cc3)cc2)c1. The lowest BCUT2D eigenvalue weighted by atomic mass is 10.1. The van der Waals surface area contributed by atoms with Gasteiger partial charge in [0.15, 0.2) is 0 Å². The molecule has 0 spiro atoms. The van der Waals surface area contributed by atoms with Crippen LogP contribution in [0, 0.1) is 6.92 Å².